The number of thiophene rings is 1. The standard InChI is InChI=1S/C12H13ClN2OS/c1-8(14)12(9-2-3-17-7-9)16-11-4-10(13)5-15-6-11/h2-8,12H,14H2,1H3. The van der Waals surface area contributed by atoms with Gasteiger partial charge < -0.3 is 10.5 Å². The molecule has 5 heteroatoms. The van der Waals surface area contributed by atoms with Crippen LogP contribution in [-0.4, -0.2) is 11.0 Å². The van der Waals surface area contributed by atoms with Crippen LogP contribution in [0.25, 0.3) is 0 Å². The van der Waals surface area contributed by atoms with Gasteiger partial charge in [0.15, 0.2) is 0 Å². The first-order chi connectivity index (χ1) is 8.16. The van der Waals surface area contributed by atoms with E-state index in [9.17, 15) is 0 Å². The van der Waals surface area contributed by atoms with Gasteiger partial charge in [0.2, 0.25) is 0 Å². The molecule has 0 saturated heterocycles. The molecule has 2 atom stereocenters. The predicted molar refractivity (Wildman–Crippen MR) is 70.6 cm³/mol. The van der Waals surface area contributed by atoms with E-state index >= 15 is 0 Å². The summed E-state index contributed by atoms with van der Waals surface area (Å²) >= 11 is 7.48. The number of nitrogens with two attached hydrogens (primary N) is 1. The summed E-state index contributed by atoms with van der Waals surface area (Å²) < 4.78 is 5.84. The van der Waals surface area contributed by atoms with Gasteiger partial charge in [-0.3, -0.25) is 4.98 Å². The quantitative estimate of drug-likeness (QED) is 0.926. The zero-order chi connectivity index (χ0) is 12.3. The third-order valence-electron chi connectivity index (χ3n) is 2.29. The molecule has 0 bridgehead atoms. The minimum absolute atomic E-state index is 0.108. The largest absolute Gasteiger partial charge is 0.482 e. The normalized spacial score (nSPS) is 14.3. The SMILES string of the molecule is CC(N)C(Oc1cncc(Cl)c1)c1ccsc1. The second kappa shape index (κ2) is 5.49. The van der Waals surface area contributed by atoms with E-state index in [1.807, 2.05) is 23.8 Å². The fraction of sp³-hybridized carbons (Fsp3) is 0.250. The third kappa shape index (κ3) is 3.19. The molecule has 90 valence electrons. The number of halogens is 1. The smallest absolute Gasteiger partial charge is 0.140 e. The molecule has 17 heavy (non-hydrogen) atoms. The highest BCUT2D eigenvalue weighted by Crippen LogP contribution is 2.26. The molecule has 2 N–H and O–H groups in total. The molecule has 0 aromatic carbocycles. The number of ether oxygens (including phenoxy) is 1. The van der Waals surface area contributed by atoms with E-state index in [0.29, 0.717) is 10.8 Å². The molecular formula is C12H13ClN2OS. The predicted octanol–water partition coefficient (Wildman–Crippen LogP) is 3.26. The topological polar surface area (TPSA) is 48.1 Å². The molecule has 2 unspecified atom stereocenters. The minimum atomic E-state index is -0.179. The Bertz CT molecular complexity index is 473. The summed E-state index contributed by atoms with van der Waals surface area (Å²) in [5, 5.41) is 4.59. The Kier molecular flexibility index (Phi) is 3.99. The maximum atomic E-state index is 5.94. The molecule has 0 aliphatic carbocycles. The van der Waals surface area contributed by atoms with Crippen molar-refractivity contribution in [1.29, 1.82) is 0 Å². The molecule has 2 rings (SSSR count). The monoisotopic (exact) mass is 268 g/mol. The number of nitrogens with zero attached hydrogens (tertiary/aromatic N) is 1. The fourth-order valence-electron chi connectivity index (χ4n) is 1.52. The van der Waals surface area contributed by atoms with Crippen LogP contribution in [0.3, 0.4) is 0 Å². The van der Waals surface area contributed by atoms with E-state index in [1.54, 1.807) is 29.8 Å². The lowest BCUT2D eigenvalue weighted by molar-refractivity contribution is 0.180. The first kappa shape index (κ1) is 12.4. The van der Waals surface area contributed by atoms with E-state index in [0.717, 1.165) is 5.56 Å². The van der Waals surface area contributed by atoms with Crippen molar-refractivity contribution in [3.8, 4) is 5.75 Å². The average molecular weight is 269 g/mol. The van der Waals surface area contributed by atoms with Gasteiger partial charge in [0.25, 0.3) is 0 Å². The zero-order valence-corrected chi connectivity index (χ0v) is 10.9. The number of rotatable bonds is 4. The highest BCUT2D eigenvalue weighted by Gasteiger charge is 2.18. The van der Waals surface area contributed by atoms with E-state index in [1.165, 1.54) is 0 Å². The Labute approximate surface area is 109 Å². The molecule has 0 aliphatic heterocycles. The van der Waals surface area contributed by atoms with Crippen molar-refractivity contribution in [2.24, 2.45) is 5.73 Å². The van der Waals surface area contributed by atoms with E-state index < -0.39 is 0 Å². The van der Waals surface area contributed by atoms with E-state index in [2.05, 4.69) is 4.98 Å². The minimum Gasteiger partial charge on any atom is -0.482 e. The molecular weight excluding hydrogens is 256 g/mol. The van der Waals surface area contributed by atoms with E-state index in [-0.39, 0.29) is 12.1 Å². The van der Waals surface area contributed by atoms with Gasteiger partial charge >= 0.3 is 0 Å². The summed E-state index contributed by atoms with van der Waals surface area (Å²) in [5.41, 5.74) is 7.01. The van der Waals surface area contributed by atoms with Crippen molar-refractivity contribution in [3.05, 3.63) is 45.9 Å². The highest BCUT2D eigenvalue weighted by molar-refractivity contribution is 7.07. The van der Waals surface area contributed by atoms with Crippen molar-refractivity contribution in [3.63, 3.8) is 0 Å². The maximum Gasteiger partial charge on any atom is 0.140 e. The van der Waals surface area contributed by atoms with Crippen molar-refractivity contribution >= 4 is 22.9 Å². The Morgan fingerprint density at radius 1 is 1.47 bits per heavy atom. The van der Waals surface area contributed by atoms with E-state index in [4.69, 9.17) is 22.1 Å². The van der Waals surface area contributed by atoms with Gasteiger partial charge in [0, 0.05) is 23.9 Å². The van der Waals surface area contributed by atoms with Crippen LogP contribution in [0.4, 0.5) is 0 Å². The van der Waals surface area contributed by atoms with Gasteiger partial charge in [-0.15, -0.1) is 0 Å². The molecule has 0 spiro atoms. The first-order valence-electron chi connectivity index (χ1n) is 5.21. The van der Waals surface area contributed by atoms with Gasteiger partial charge in [0.1, 0.15) is 11.9 Å². The van der Waals surface area contributed by atoms with Crippen LogP contribution in [0.5, 0.6) is 5.75 Å². The Morgan fingerprint density at radius 3 is 2.88 bits per heavy atom. The molecule has 2 aromatic heterocycles. The molecule has 2 aromatic rings. The second-order valence-electron chi connectivity index (χ2n) is 3.79. The van der Waals surface area contributed by atoms with Crippen LogP contribution in [0.15, 0.2) is 35.3 Å². The Hall–Kier alpha value is -1.10. The van der Waals surface area contributed by atoms with Crippen LogP contribution in [0.2, 0.25) is 5.02 Å². The van der Waals surface area contributed by atoms with Crippen LogP contribution in [0.1, 0.15) is 18.6 Å². The molecule has 0 aliphatic rings. The van der Waals surface area contributed by atoms with Crippen molar-refractivity contribution in [2.75, 3.05) is 0 Å². The highest BCUT2D eigenvalue weighted by atomic mass is 35.5. The van der Waals surface area contributed by atoms with Crippen molar-refractivity contribution in [1.82, 2.24) is 4.98 Å². The maximum absolute atomic E-state index is 5.94. The molecule has 0 fully saturated rings. The summed E-state index contributed by atoms with van der Waals surface area (Å²) in [4.78, 5) is 3.98. The summed E-state index contributed by atoms with van der Waals surface area (Å²) in [6, 6.07) is 3.64. The zero-order valence-electron chi connectivity index (χ0n) is 9.34. The third-order valence-corrected chi connectivity index (χ3v) is 3.20. The Balaban J connectivity index is 2.19. The van der Waals surface area contributed by atoms with Gasteiger partial charge in [0.05, 0.1) is 11.2 Å². The van der Waals surface area contributed by atoms with Crippen molar-refractivity contribution < 1.29 is 4.74 Å². The average Bonchev–Trinajstić information content (AvgIpc) is 2.78. The lowest BCUT2D eigenvalue weighted by Crippen LogP contribution is -2.28. The van der Waals surface area contributed by atoms with Crippen LogP contribution in [0, 0.1) is 0 Å². The lowest BCUT2D eigenvalue weighted by atomic mass is 10.1. The second-order valence-corrected chi connectivity index (χ2v) is 5.01. The molecule has 3 nitrogen and oxygen atoms in total. The molecule has 0 radical (unpaired) electrons. The molecule has 2 heterocycles. The summed E-state index contributed by atoms with van der Waals surface area (Å²) in [5.74, 6) is 0.631. The number of aromatic nitrogens is 1. The van der Waals surface area contributed by atoms with Gasteiger partial charge in [-0.25, -0.2) is 0 Å². The molecule has 0 amide bonds. The van der Waals surface area contributed by atoms with Crippen LogP contribution in [-0.2, 0) is 0 Å². The Morgan fingerprint density at radius 2 is 2.29 bits per heavy atom. The number of hydrogen-bond acceptors (Lipinski definition) is 4. The number of hydrogen-bond donors (Lipinski definition) is 1. The van der Waals surface area contributed by atoms with Gasteiger partial charge in [-0.05, 0) is 23.8 Å². The van der Waals surface area contributed by atoms with Crippen molar-refractivity contribution in [2.45, 2.75) is 19.1 Å². The molecule has 0 saturated carbocycles. The van der Waals surface area contributed by atoms with Gasteiger partial charge in [-0.1, -0.05) is 11.6 Å². The van der Waals surface area contributed by atoms with Gasteiger partial charge in [-0.2, -0.15) is 11.3 Å². The lowest BCUT2D eigenvalue weighted by Gasteiger charge is -2.21. The summed E-state index contributed by atoms with van der Waals surface area (Å²) in [6.07, 6.45) is 3.02. The fourth-order valence-corrected chi connectivity index (χ4v) is 2.37. The van der Waals surface area contributed by atoms with Crippen LogP contribution >= 0.6 is 22.9 Å². The summed E-state index contributed by atoms with van der Waals surface area (Å²) in [6.45, 7) is 1.92. The number of pyridine rings is 1. The first-order valence-corrected chi connectivity index (χ1v) is 6.54. The van der Waals surface area contributed by atoms with Crippen LogP contribution < -0.4 is 10.5 Å². The summed E-state index contributed by atoms with van der Waals surface area (Å²) in [7, 11) is 0.